The molecule has 1 fully saturated rings. The number of hydrogen-bond donors (Lipinski definition) is 1. The summed E-state index contributed by atoms with van der Waals surface area (Å²) in [6.45, 7) is 4.49. The van der Waals surface area contributed by atoms with Gasteiger partial charge in [0.15, 0.2) is 0 Å². The van der Waals surface area contributed by atoms with E-state index in [1.54, 1.807) is 0 Å². The predicted molar refractivity (Wildman–Crippen MR) is 66.0 cm³/mol. The monoisotopic (exact) mass is 239 g/mol. The van der Waals surface area contributed by atoms with Gasteiger partial charge in [-0.2, -0.15) is 0 Å². The van der Waals surface area contributed by atoms with Gasteiger partial charge in [-0.1, -0.05) is 19.9 Å². The minimum atomic E-state index is -0.505. The highest BCUT2D eigenvalue weighted by atomic mass is 19.1. The molecule has 1 N–H and O–H groups in total. The highest BCUT2D eigenvalue weighted by Crippen LogP contribution is 2.36. The maximum atomic E-state index is 13.5. The van der Waals surface area contributed by atoms with Crippen molar-refractivity contribution in [2.75, 3.05) is 5.32 Å². The molecule has 0 aliphatic heterocycles. The van der Waals surface area contributed by atoms with Crippen LogP contribution in [0.5, 0.6) is 0 Å². The van der Waals surface area contributed by atoms with Crippen molar-refractivity contribution in [2.24, 2.45) is 5.41 Å². The first-order valence-electron chi connectivity index (χ1n) is 6.18. The summed E-state index contributed by atoms with van der Waals surface area (Å²) in [6.07, 6.45) is 4.14. The maximum absolute atomic E-state index is 13.5. The minimum absolute atomic E-state index is 0.0252. The zero-order chi connectivity index (χ0) is 12.5. The number of nitrogens with one attached hydrogen (secondary N) is 1. The van der Waals surface area contributed by atoms with Crippen LogP contribution in [-0.4, -0.2) is 6.04 Å². The van der Waals surface area contributed by atoms with Crippen LogP contribution in [0.3, 0.4) is 0 Å². The van der Waals surface area contributed by atoms with E-state index in [1.165, 1.54) is 18.2 Å². The Labute approximate surface area is 101 Å². The van der Waals surface area contributed by atoms with Crippen molar-refractivity contribution in [1.29, 1.82) is 0 Å². The summed E-state index contributed by atoms with van der Waals surface area (Å²) in [4.78, 5) is 0. The first kappa shape index (κ1) is 12.3. The van der Waals surface area contributed by atoms with E-state index >= 15 is 0 Å². The van der Waals surface area contributed by atoms with E-state index in [-0.39, 0.29) is 11.7 Å². The van der Waals surface area contributed by atoms with Gasteiger partial charge in [0.1, 0.15) is 17.3 Å². The lowest BCUT2D eigenvalue weighted by Gasteiger charge is -2.35. The van der Waals surface area contributed by atoms with Gasteiger partial charge < -0.3 is 5.32 Å². The second-order valence-electron chi connectivity index (χ2n) is 5.68. The number of rotatable bonds is 2. The van der Waals surface area contributed by atoms with Gasteiger partial charge >= 0.3 is 0 Å². The van der Waals surface area contributed by atoms with Crippen LogP contribution in [0, 0.1) is 17.0 Å². The van der Waals surface area contributed by atoms with Gasteiger partial charge in [-0.25, -0.2) is 8.78 Å². The second-order valence-corrected chi connectivity index (χ2v) is 5.68. The molecule has 0 spiro atoms. The normalized spacial score (nSPS) is 20.2. The molecule has 94 valence electrons. The fourth-order valence-electron chi connectivity index (χ4n) is 2.38. The standard InChI is InChI=1S/C14H19F2N/c1-14(2)8-6-10(7-9-14)17-13-11(15)4-3-5-12(13)16/h3-5,10,17H,6-9H2,1-2H3. The summed E-state index contributed by atoms with van der Waals surface area (Å²) >= 11 is 0. The Kier molecular flexibility index (Phi) is 3.36. The Morgan fingerprint density at radius 3 is 2.18 bits per heavy atom. The zero-order valence-electron chi connectivity index (χ0n) is 10.4. The van der Waals surface area contributed by atoms with E-state index < -0.39 is 11.6 Å². The van der Waals surface area contributed by atoms with E-state index in [1.807, 2.05) is 0 Å². The van der Waals surface area contributed by atoms with Gasteiger partial charge in [0.05, 0.1) is 0 Å². The molecule has 2 rings (SSSR count). The molecule has 0 amide bonds. The summed E-state index contributed by atoms with van der Waals surface area (Å²) in [5.74, 6) is -1.01. The molecule has 0 unspecified atom stereocenters. The smallest absolute Gasteiger partial charge is 0.149 e. The Morgan fingerprint density at radius 1 is 1.12 bits per heavy atom. The van der Waals surface area contributed by atoms with Crippen LogP contribution in [-0.2, 0) is 0 Å². The Morgan fingerprint density at radius 2 is 1.65 bits per heavy atom. The van der Waals surface area contributed by atoms with Gasteiger partial charge in [0.2, 0.25) is 0 Å². The van der Waals surface area contributed by atoms with E-state index in [2.05, 4.69) is 19.2 Å². The van der Waals surface area contributed by atoms with Crippen molar-refractivity contribution in [3.8, 4) is 0 Å². The predicted octanol–water partition coefficient (Wildman–Crippen LogP) is 4.35. The first-order valence-corrected chi connectivity index (χ1v) is 6.18. The third kappa shape index (κ3) is 2.96. The van der Waals surface area contributed by atoms with Gasteiger partial charge in [0, 0.05) is 6.04 Å². The summed E-state index contributed by atoms with van der Waals surface area (Å²) in [6, 6.07) is 4.16. The van der Waals surface area contributed by atoms with Gasteiger partial charge in [-0.3, -0.25) is 0 Å². The zero-order valence-corrected chi connectivity index (χ0v) is 10.4. The fraction of sp³-hybridized carbons (Fsp3) is 0.571. The Bertz CT molecular complexity index is 371. The fourth-order valence-corrected chi connectivity index (χ4v) is 2.38. The molecule has 0 heterocycles. The topological polar surface area (TPSA) is 12.0 Å². The number of halogens is 2. The van der Waals surface area contributed by atoms with Crippen LogP contribution in [0.2, 0.25) is 0 Å². The van der Waals surface area contributed by atoms with Crippen molar-refractivity contribution in [3.63, 3.8) is 0 Å². The lowest BCUT2D eigenvalue weighted by molar-refractivity contribution is 0.232. The van der Waals surface area contributed by atoms with Crippen molar-refractivity contribution in [3.05, 3.63) is 29.8 Å². The third-order valence-corrected chi connectivity index (χ3v) is 3.65. The van der Waals surface area contributed by atoms with Gasteiger partial charge in [-0.15, -0.1) is 0 Å². The molecule has 3 heteroatoms. The molecule has 0 bridgehead atoms. The Balaban J connectivity index is 2.03. The lowest BCUT2D eigenvalue weighted by atomic mass is 9.75. The average Bonchev–Trinajstić information content (AvgIpc) is 2.26. The number of para-hydroxylation sites is 1. The van der Waals surface area contributed by atoms with Gasteiger partial charge in [0.25, 0.3) is 0 Å². The average molecular weight is 239 g/mol. The Hall–Kier alpha value is -1.12. The minimum Gasteiger partial charge on any atom is -0.378 e. The third-order valence-electron chi connectivity index (χ3n) is 3.65. The molecule has 1 nitrogen and oxygen atoms in total. The van der Waals surface area contributed by atoms with Crippen LogP contribution in [0.15, 0.2) is 18.2 Å². The largest absolute Gasteiger partial charge is 0.378 e. The van der Waals surface area contributed by atoms with Crippen LogP contribution >= 0.6 is 0 Å². The molecule has 1 aliphatic carbocycles. The highest BCUT2D eigenvalue weighted by Gasteiger charge is 2.27. The maximum Gasteiger partial charge on any atom is 0.149 e. The van der Waals surface area contributed by atoms with Crippen LogP contribution in [0.4, 0.5) is 14.5 Å². The van der Waals surface area contributed by atoms with Crippen LogP contribution in [0.1, 0.15) is 39.5 Å². The molecule has 0 saturated heterocycles. The number of anilines is 1. The molecule has 0 atom stereocenters. The van der Waals surface area contributed by atoms with Crippen molar-refractivity contribution >= 4 is 5.69 Å². The molecule has 0 radical (unpaired) electrons. The van der Waals surface area contributed by atoms with Crippen LogP contribution in [0.25, 0.3) is 0 Å². The number of benzene rings is 1. The van der Waals surface area contributed by atoms with Crippen molar-refractivity contribution in [2.45, 2.75) is 45.6 Å². The molecular weight excluding hydrogens is 220 g/mol. The second kappa shape index (κ2) is 4.63. The highest BCUT2D eigenvalue weighted by molar-refractivity contribution is 5.46. The first-order chi connectivity index (χ1) is 7.98. The SMILES string of the molecule is CC1(C)CCC(Nc2c(F)cccc2F)CC1. The molecular formula is C14H19F2N. The molecule has 1 aromatic rings. The van der Waals surface area contributed by atoms with E-state index in [0.717, 1.165) is 25.7 Å². The number of hydrogen-bond acceptors (Lipinski definition) is 1. The van der Waals surface area contributed by atoms with E-state index in [9.17, 15) is 8.78 Å². The molecule has 1 saturated carbocycles. The van der Waals surface area contributed by atoms with Crippen molar-refractivity contribution < 1.29 is 8.78 Å². The van der Waals surface area contributed by atoms with E-state index in [4.69, 9.17) is 0 Å². The summed E-state index contributed by atoms with van der Waals surface area (Å²) in [7, 11) is 0. The molecule has 1 aliphatic rings. The van der Waals surface area contributed by atoms with Crippen LogP contribution < -0.4 is 5.32 Å². The lowest BCUT2D eigenvalue weighted by Crippen LogP contribution is -2.30. The van der Waals surface area contributed by atoms with Crippen molar-refractivity contribution in [1.82, 2.24) is 0 Å². The van der Waals surface area contributed by atoms with Gasteiger partial charge in [-0.05, 0) is 43.2 Å². The molecule has 1 aromatic carbocycles. The summed E-state index contributed by atoms with van der Waals surface area (Å²) in [5.41, 5.74) is 0.392. The molecule has 0 aromatic heterocycles. The summed E-state index contributed by atoms with van der Waals surface area (Å²) in [5, 5.41) is 3.01. The quantitative estimate of drug-likeness (QED) is 0.809. The van der Waals surface area contributed by atoms with E-state index in [0.29, 0.717) is 5.41 Å². The summed E-state index contributed by atoms with van der Waals surface area (Å²) < 4.78 is 26.9. The molecule has 17 heavy (non-hydrogen) atoms.